The number of benzene rings is 1. The number of fused-ring (bicyclic) bond motifs is 1. The van der Waals surface area contributed by atoms with Gasteiger partial charge in [0.2, 0.25) is 0 Å². The molecule has 0 bridgehead atoms. The molecule has 8 nitrogen and oxygen atoms in total. The molecule has 1 aliphatic rings. The minimum atomic E-state index is 0.527. The van der Waals surface area contributed by atoms with E-state index >= 15 is 0 Å². The minimum absolute atomic E-state index is 0.527. The minimum Gasteiger partial charge on any atom is -0.399 e. The van der Waals surface area contributed by atoms with E-state index in [9.17, 15) is 0 Å². The van der Waals surface area contributed by atoms with Gasteiger partial charge in [0.25, 0.3) is 0 Å². The van der Waals surface area contributed by atoms with Gasteiger partial charge in [0.15, 0.2) is 11.5 Å². The molecule has 8 heteroatoms. The molecule has 1 fully saturated rings. The van der Waals surface area contributed by atoms with Crippen LogP contribution in [0.3, 0.4) is 0 Å². The SMILES string of the molecule is Nc1ccnc(-c2nc(N3CCOCC3)c3cnn(-c4ccccc4)c3n2)c1. The number of nitrogens with zero attached hydrogens (tertiary/aromatic N) is 6. The maximum Gasteiger partial charge on any atom is 0.182 e. The van der Waals surface area contributed by atoms with Gasteiger partial charge in [-0.15, -0.1) is 0 Å². The molecule has 5 rings (SSSR count). The molecule has 0 aliphatic carbocycles. The quantitative estimate of drug-likeness (QED) is 0.589. The maximum absolute atomic E-state index is 5.95. The Kier molecular flexibility index (Phi) is 4.10. The summed E-state index contributed by atoms with van der Waals surface area (Å²) in [6.07, 6.45) is 3.49. The molecule has 3 aromatic heterocycles. The fourth-order valence-corrected chi connectivity index (χ4v) is 3.35. The third-order valence-electron chi connectivity index (χ3n) is 4.73. The number of aromatic nitrogens is 5. The number of para-hydroxylation sites is 1. The van der Waals surface area contributed by atoms with Gasteiger partial charge >= 0.3 is 0 Å². The molecule has 140 valence electrons. The Balaban J connectivity index is 1.74. The normalized spacial score (nSPS) is 14.5. The lowest BCUT2D eigenvalue weighted by atomic mass is 10.2. The highest BCUT2D eigenvalue weighted by atomic mass is 16.5. The molecule has 0 unspecified atom stereocenters. The summed E-state index contributed by atoms with van der Waals surface area (Å²) in [4.78, 5) is 16.2. The van der Waals surface area contributed by atoms with Crippen LogP contribution in [0.1, 0.15) is 0 Å². The Morgan fingerprint density at radius 2 is 1.82 bits per heavy atom. The van der Waals surface area contributed by atoms with E-state index in [-0.39, 0.29) is 0 Å². The van der Waals surface area contributed by atoms with Gasteiger partial charge in [-0.1, -0.05) is 18.2 Å². The van der Waals surface area contributed by atoms with Crippen LogP contribution in [0, 0.1) is 0 Å². The average Bonchev–Trinajstić information content (AvgIpc) is 3.18. The Labute approximate surface area is 161 Å². The first-order valence-electron chi connectivity index (χ1n) is 9.15. The second kappa shape index (κ2) is 6.90. The Bertz CT molecular complexity index is 1120. The van der Waals surface area contributed by atoms with Crippen LogP contribution in [0.25, 0.3) is 28.2 Å². The first-order valence-corrected chi connectivity index (χ1v) is 9.15. The highest BCUT2D eigenvalue weighted by Crippen LogP contribution is 2.29. The number of anilines is 2. The summed E-state index contributed by atoms with van der Waals surface area (Å²) in [5, 5.41) is 5.49. The summed E-state index contributed by atoms with van der Waals surface area (Å²) in [5.74, 6) is 1.37. The summed E-state index contributed by atoms with van der Waals surface area (Å²) in [5.41, 5.74) is 8.89. The molecule has 1 saturated heterocycles. The van der Waals surface area contributed by atoms with E-state index in [4.69, 9.17) is 20.4 Å². The van der Waals surface area contributed by atoms with E-state index < -0.39 is 0 Å². The standard InChI is InChI=1S/C20H19N7O/c21-14-6-7-22-17(12-14)18-24-19(26-8-10-28-11-9-26)16-13-23-27(20(16)25-18)15-4-2-1-3-5-15/h1-7,12-13H,8-11H2,(H2,21,22). The van der Waals surface area contributed by atoms with Gasteiger partial charge in [0.1, 0.15) is 11.5 Å². The second-order valence-corrected chi connectivity index (χ2v) is 6.57. The zero-order valence-corrected chi connectivity index (χ0v) is 15.2. The molecule has 1 aromatic carbocycles. The highest BCUT2D eigenvalue weighted by molar-refractivity contribution is 5.89. The van der Waals surface area contributed by atoms with Crippen LogP contribution < -0.4 is 10.6 Å². The smallest absolute Gasteiger partial charge is 0.182 e. The summed E-state index contributed by atoms with van der Waals surface area (Å²) >= 11 is 0. The van der Waals surface area contributed by atoms with Crippen molar-refractivity contribution in [2.24, 2.45) is 0 Å². The lowest BCUT2D eigenvalue weighted by Gasteiger charge is -2.28. The van der Waals surface area contributed by atoms with Crippen molar-refractivity contribution in [2.75, 3.05) is 36.9 Å². The van der Waals surface area contributed by atoms with E-state index in [1.54, 1.807) is 18.3 Å². The van der Waals surface area contributed by atoms with E-state index in [1.165, 1.54) is 0 Å². The topological polar surface area (TPSA) is 95.0 Å². The first-order chi connectivity index (χ1) is 13.8. The van der Waals surface area contributed by atoms with Gasteiger partial charge in [-0.25, -0.2) is 14.6 Å². The van der Waals surface area contributed by atoms with E-state index in [1.807, 2.05) is 41.2 Å². The molecule has 0 saturated carbocycles. The van der Waals surface area contributed by atoms with Crippen molar-refractivity contribution in [3.05, 3.63) is 54.9 Å². The van der Waals surface area contributed by atoms with Crippen LogP contribution in [-0.4, -0.2) is 51.0 Å². The fraction of sp³-hybridized carbons (Fsp3) is 0.200. The largest absolute Gasteiger partial charge is 0.399 e. The summed E-state index contributed by atoms with van der Waals surface area (Å²) in [6.45, 7) is 2.88. The predicted octanol–water partition coefficient (Wildman–Crippen LogP) is 2.30. The van der Waals surface area contributed by atoms with Crippen LogP contribution in [0.4, 0.5) is 11.5 Å². The van der Waals surface area contributed by atoms with E-state index in [0.29, 0.717) is 30.4 Å². The number of hydrogen-bond acceptors (Lipinski definition) is 7. The van der Waals surface area contributed by atoms with Crippen LogP contribution in [0.5, 0.6) is 0 Å². The van der Waals surface area contributed by atoms with Crippen LogP contribution >= 0.6 is 0 Å². The van der Waals surface area contributed by atoms with Crippen LogP contribution in [0.15, 0.2) is 54.9 Å². The van der Waals surface area contributed by atoms with Gasteiger partial charge < -0.3 is 15.4 Å². The Morgan fingerprint density at radius 3 is 2.61 bits per heavy atom. The molecule has 0 atom stereocenters. The van der Waals surface area contributed by atoms with E-state index in [2.05, 4.69) is 15.0 Å². The lowest BCUT2D eigenvalue weighted by Crippen LogP contribution is -2.37. The summed E-state index contributed by atoms with van der Waals surface area (Å²) < 4.78 is 7.33. The first kappa shape index (κ1) is 16.6. The van der Waals surface area contributed by atoms with Crippen LogP contribution in [-0.2, 0) is 4.74 Å². The number of nitrogens with two attached hydrogens (primary N) is 1. The monoisotopic (exact) mass is 373 g/mol. The van der Waals surface area contributed by atoms with Gasteiger partial charge in [0, 0.05) is 25.0 Å². The number of ether oxygens (including phenoxy) is 1. The van der Waals surface area contributed by atoms with Crippen molar-refractivity contribution >= 4 is 22.5 Å². The number of rotatable bonds is 3. The second-order valence-electron chi connectivity index (χ2n) is 6.57. The zero-order chi connectivity index (χ0) is 18.9. The van der Waals surface area contributed by atoms with Gasteiger partial charge in [-0.3, -0.25) is 4.98 Å². The van der Waals surface area contributed by atoms with Crippen molar-refractivity contribution in [3.8, 4) is 17.2 Å². The number of morpholine rings is 1. The molecular weight excluding hydrogens is 354 g/mol. The van der Waals surface area contributed by atoms with Crippen molar-refractivity contribution < 1.29 is 4.74 Å². The van der Waals surface area contributed by atoms with Crippen LogP contribution in [0.2, 0.25) is 0 Å². The van der Waals surface area contributed by atoms with Gasteiger partial charge in [-0.2, -0.15) is 5.10 Å². The van der Waals surface area contributed by atoms with Crippen molar-refractivity contribution in [1.29, 1.82) is 0 Å². The average molecular weight is 373 g/mol. The summed E-state index contributed by atoms with van der Waals surface area (Å²) in [7, 11) is 0. The zero-order valence-electron chi connectivity index (χ0n) is 15.2. The molecule has 0 radical (unpaired) electrons. The number of pyridine rings is 1. The van der Waals surface area contributed by atoms with Gasteiger partial charge in [-0.05, 0) is 24.3 Å². The molecule has 28 heavy (non-hydrogen) atoms. The van der Waals surface area contributed by atoms with Gasteiger partial charge in [0.05, 0.1) is 30.5 Å². The summed E-state index contributed by atoms with van der Waals surface area (Å²) in [6, 6.07) is 13.5. The van der Waals surface area contributed by atoms with Crippen molar-refractivity contribution in [3.63, 3.8) is 0 Å². The maximum atomic E-state index is 5.95. The van der Waals surface area contributed by atoms with Crippen molar-refractivity contribution in [2.45, 2.75) is 0 Å². The molecule has 1 aliphatic heterocycles. The fourth-order valence-electron chi connectivity index (χ4n) is 3.35. The number of hydrogen-bond donors (Lipinski definition) is 1. The van der Waals surface area contributed by atoms with Crippen molar-refractivity contribution in [1.82, 2.24) is 24.7 Å². The molecule has 0 amide bonds. The number of nitrogen functional groups attached to an aromatic ring is 1. The van der Waals surface area contributed by atoms with E-state index in [0.717, 1.165) is 35.6 Å². The lowest BCUT2D eigenvalue weighted by molar-refractivity contribution is 0.122. The highest BCUT2D eigenvalue weighted by Gasteiger charge is 2.21. The molecule has 4 heterocycles. The molecule has 4 aromatic rings. The Hall–Kier alpha value is -3.52. The third-order valence-corrected chi connectivity index (χ3v) is 4.73. The third kappa shape index (κ3) is 2.93. The molecule has 2 N–H and O–H groups in total. The molecular formula is C20H19N7O. The molecule has 0 spiro atoms. The Morgan fingerprint density at radius 1 is 1.00 bits per heavy atom. The predicted molar refractivity (Wildman–Crippen MR) is 107 cm³/mol.